The number of rotatable bonds is 11. The lowest BCUT2D eigenvalue weighted by atomic mass is 10.1. The van der Waals surface area contributed by atoms with E-state index in [1.807, 2.05) is 6.92 Å². The molecule has 0 atom stereocenters. The van der Waals surface area contributed by atoms with E-state index in [1.54, 1.807) is 18.2 Å². The van der Waals surface area contributed by atoms with Crippen LogP contribution in [0.1, 0.15) is 42.6 Å². The summed E-state index contributed by atoms with van der Waals surface area (Å²) in [6.07, 6.45) is 1.87. The Bertz CT molecular complexity index is 979. The summed E-state index contributed by atoms with van der Waals surface area (Å²) in [6.45, 7) is 4.96. The van der Waals surface area contributed by atoms with E-state index in [4.69, 9.17) is 21.1 Å². The van der Waals surface area contributed by atoms with E-state index in [-0.39, 0.29) is 17.3 Å². The third-order valence-electron chi connectivity index (χ3n) is 4.25. The molecule has 0 aliphatic carbocycles. The molecule has 2 N–H and O–H groups in total. The van der Waals surface area contributed by atoms with Crippen LogP contribution in [0.25, 0.3) is 0 Å². The van der Waals surface area contributed by atoms with Crippen molar-refractivity contribution in [2.45, 2.75) is 38.1 Å². The van der Waals surface area contributed by atoms with Crippen LogP contribution in [0, 0.1) is 0 Å². The number of amides is 1. The highest BCUT2D eigenvalue weighted by atomic mass is 35.5. The van der Waals surface area contributed by atoms with Crippen molar-refractivity contribution in [2.24, 2.45) is 0 Å². The Kier molecular flexibility index (Phi) is 8.95. The topological polar surface area (TPSA) is 93.7 Å². The second-order valence-electron chi connectivity index (χ2n) is 6.46. The minimum absolute atomic E-state index is 0.131. The summed E-state index contributed by atoms with van der Waals surface area (Å²) < 4.78 is 37.5. The molecule has 2 aromatic carbocycles. The first-order valence-electron chi connectivity index (χ1n) is 9.72. The molecular weight excluding hydrogens is 428 g/mol. The highest BCUT2D eigenvalue weighted by Crippen LogP contribution is 2.37. The fourth-order valence-corrected chi connectivity index (χ4v) is 3.71. The normalized spacial score (nSPS) is 11.2. The second-order valence-corrected chi connectivity index (χ2v) is 8.75. The molecule has 164 valence electrons. The lowest BCUT2D eigenvalue weighted by Crippen LogP contribution is -2.23. The fourth-order valence-electron chi connectivity index (χ4n) is 2.65. The predicted molar refractivity (Wildman–Crippen MR) is 117 cm³/mol. The molecule has 0 fully saturated rings. The highest BCUT2D eigenvalue weighted by molar-refractivity contribution is 7.89. The van der Waals surface area contributed by atoms with Crippen molar-refractivity contribution in [3.05, 3.63) is 52.5 Å². The van der Waals surface area contributed by atoms with Gasteiger partial charge in [-0.15, -0.1) is 0 Å². The summed E-state index contributed by atoms with van der Waals surface area (Å²) in [5, 5.41) is 3.07. The lowest BCUT2D eigenvalue weighted by molar-refractivity contribution is 0.0950. The van der Waals surface area contributed by atoms with Gasteiger partial charge in [0, 0.05) is 12.1 Å². The molecule has 7 nitrogen and oxygen atoms in total. The fraction of sp³-hybridized carbons (Fsp3) is 0.381. The van der Waals surface area contributed by atoms with Gasteiger partial charge in [-0.2, -0.15) is 0 Å². The molecule has 0 aromatic heterocycles. The molecule has 0 heterocycles. The van der Waals surface area contributed by atoms with Crippen LogP contribution < -0.4 is 19.5 Å². The van der Waals surface area contributed by atoms with Gasteiger partial charge in [-0.25, -0.2) is 13.1 Å². The van der Waals surface area contributed by atoms with Crippen LogP contribution in [-0.2, 0) is 16.6 Å². The smallest absolute Gasteiger partial charge is 0.251 e. The molecule has 0 spiro atoms. The molecule has 1 amide bonds. The molecular formula is C21H27ClN2O5S. The Morgan fingerprint density at radius 1 is 1.13 bits per heavy atom. The molecule has 0 saturated heterocycles. The standard InChI is InChI=1S/C21H27ClN2O5S/c1-4-6-10-29-20-18(22)12-16(13-19(20)28-5-2)21(25)24-14-15-8-7-9-17(11-15)30(26,27)23-3/h7-9,11-13,23H,4-6,10,14H2,1-3H3,(H,24,25). The van der Waals surface area contributed by atoms with E-state index in [0.717, 1.165) is 12.8 Å². The maximum absolute atomic E-state index is 12.6. The third-order valence-corrected chi connectivity index (χ3v) is 5.94. The van der Waals surface area contributed by atoms with Gasteiger partial charge in [-0.3, -0.25) is 4.79 Å². The largest absolute Gasteiger partial charge is 0.490 e. The summed E-state index contributed by atoms with van der Waals surface area (Å²) in [5.41, 5.74) is 0.973. The zero-order valence-electron chi connectivity index (χ0n) is 17.3. The number of nitrogens with one attached hydrogen (secondary N) is 2. The molecule has 0 unspecified atom stereocenters. The van der Waals surface area contributed by atoms with Gasteiger partial charge in [0.2, 0.25) is 10.0 Å². The quantitative estimate of drug-likeness (QED) is 0.504. The Hall–Kier alpha value is -2.29. The number of carbonyl (C=O) groups excluding carboxylic acids is 1. The predicted octanol–water partition coefficient (Wildman–Crippen LogP) is 3.76. The van der Waals surface area contributed by atoms with Crippen LogP contribution in [0.15, 0.2) is 41.3 Å². The van der Waals surface area contributed by atoms with E-state index in [2.05, 4.69) is 17.0 Å². The van der Waals surface area contributed by atoms with Crippen LogP contribution in [0.5, 0.6) is 11.5 Å². The molecule has 0 aliphatic heterocycles. The number of benzene rings is 2. The van der Waals surface area contributed by atoms with Crippen LogP contribution in [0.3, 0.4) is 0 Å². The summed E-state index contributed by atoms with van der Waals surface area (Å²) >= 11 is 6.34. The van der Waals surface area contributed by atoms with E-state index in [1.165, 1.54) is 25.2 Å². The average molecular weight is 455 g/mol. The number of ether oxygens (including phenoxy) is 2. The van der Waals surface area contributed by atoms with Crippen molar-refractivity contribution >= 4 is 27.5 Å². The molecule has 30 heavy (non-hydrogen) atoms. The van der Waals surface area contributed by atoms with Crippen LogP contribution in [0.4, 0.5) is 0 Å². The minimum atomic E-state index is -3.55. The molecule has 9 heteroatoms. The molecule has 0 radical (unpaired) electrons. The van der Waals surface area contributed by atoms with Gasteiger partial charge in [0.05, 0.1) is 23.1 Å². The van der Waals surface area contributed by atoms with Crippen molar-refractivity contribution in [1.29, 1.82) is 0 Å². The number of sulfonamides is 1. The van der Waals surface area contributed by atoms with E-state index in [0.29, 0.717) is 40.9 Å². The number of carbonyl (C=O) groups is 1. The Labute approximate surface area is 182 Å². The maximum Gasteiger partial charge on any atom is 0.251 e. The monoisotopic (exact) mass is 454 g/mol. The van der Waals surface area contributed by atoms with Crippen molar-refractivity contribution in [3.8, 4) is 11.5 Å². The first kappa shape index (κ1) is 24.0. The summed E-state index contributed by atoms with van der Waals surface area (Å²) in [7, 11) is -2.21. The zero-order valence-corrected chi connectivity index (χ0v) is 18.9. The van der Waals surface area contributed by atoms with Crippen LogP contribution in [-0.4, -0.2) is 34.6 Å². The Morgan fingerprint density at radius 3 is 2.57 bits per heavy atom. The van der Waals surface area contributed by atoms with E-state index >= 15 is 0 Å². The highest BCUT2D eigenvalue weighted by Gasteiger charge is 2.17. The van der Waals surface area contributed by atoms with Crippen molar-refractivity contribution in [2.75, 3.05) is 20.3 Å². The maximum atomic E-state index is 12.6. The van der Waals surface area contributed by atoms with Crippen molar-refractivity contribution < 1.29 is 22.7 Å². The Morgan fingerprint density at radius 2 is 1.90 bits per heavy atom. The summed E-state index contributed by atoms with van der Waals surface area (Å²) in [5.74, 6) is 0.474. The van der Waals surface area contributed by atoms with Crippen LogP contribution >= 0.6 is 11.6 Å². The molecule has 0 bridgehead atoms. The van der Waals surface area contributed by atoms with Crippen molar-refractivity contribution in [1.82, 2.24) is 10.0 Å². The van der Waals surface area contributed by atoms with Gasteiger partial charge in [-0.1, -0.05) is 37.1 Å². The van der Waals surface area contributed by atoms with Gasteiger partial charge >= 0.3 is 0 Å². The SMILES string of the molecule is CCCCOc1c(Cl)cc(C(=O)NCc2cccc(S(=O)(=O)NC)c2)cc1OCC. The van der Waals surface area contributed by atoms with Gasteiger partial charge in [-0.05, 0) is 50.2 Å². The molecule has 2 aromatic rings. The number of hydrogen-bond donors (Lipinski definition) is 2. The summed E-state index contributed by atoms with van der Waals surface area (Å²) in [4.78, 5) is 12.8. The first-order valence-corrected chi connectivity index (χ1v) is 11.6. The molecule has 0 saturated carbocycles. The first-order chi connectivity index (χ1) is 14.3. The number of halogens is 1. The number of unbranched alkanes of at least 4 members (excludes halogenated alkanes) is 1. The molecule has 2 rings (SSSR count). The van der Waals surface area contributed by atoms with E-state index < -0.39 is 10.0 Å². The van der Waals surface area contributed by atoms with Gasteiger partial charge in [0.15, 0.2) is 11.5 Å². The third kappa shape index (κ3) is 6.35. The molecule has 0 aliphatic rings. The van der Waals surface area contributed by atoms with Gasteiger partial charge in [0.25, 0.3) is 5.91 Å². The number of hydrogen-bond acceptors (Lipinski definition) is 5. The lowest BCUT2D eigenvalue weighted by Gasteiger charge is -2.15. The van der Waals surface area contributed by atoms with Gasteiger partial charge in [0.1, 0.15) is 0 Å². The summed E-state index contributed by atoms with van der Waals surface area (Å²) in [6, 6.07) is 9.48. The van der Waals surface area contributed by atoms with E-state index in [9.17, 15) is 13.2 Å². The Balaban J connectivity index is 2.16. The average Bonchev–Trinajstić information content (AvgIpc) is 2.74. The second kappa shape index (κ2) is 11.2. The van der Waals surface area contributed by atoms with Crippen LogP contribution in [0.2, 0.25) is 5.02 Å². The zero-order chi connectivity index (χ0) is 22.1. The van der Waals surface area contributed by atoms with Gasteiger partial charge < -0.3 is 14.8 Å². The van der Waals surface area contributed by atoms with Crippen molar-refractivity contribution in [3.63, 3.8) is 0 Å². The minimum Gasteiger partial charge on any atom is -0.490 e.